The van der Waals surface area contributed by atoms with Crippen molar-refractivity contribution in [1.29, 1.82) is 0 Å². The van der Waals surface area contributed by atoms with Crippen molar-refractivity contribution in [3.05, 3.63) is 0 Å². The van der Waals surface area contributed by atoms with E-state index < -0.39 is 0 Å². The van der Waals surface area contributed by atoms with E-state index in [0.29, 0.717) is 0 Å². The summed E-state index contributed by atoms with van der Waals surface area (Å²) in [7, 11) is 0. The zero-order chi connectivity index (χ0) is 0. The number of rotatable bonds is 0. The van der Waals surface area contributed by atoms with Crippen molar-refractivity contribution in [2.75, 3.05) is 0 Å². The number of hydrogen-bond donors (Lipinski definition) is 0. The molecule has 0 unspecified atom stereocenters. The first-order valence-electron chi connectivity index (χ1n) is 0. The van der Waals surface area contributed by atoms with Gasteiger partial charge in [-0.05, 0) is 0 Å². The molecule has 0 saturated heterocycles. The molecule has 0 aromatic heterocycles. The van der Waals surface area contributed by atoms with Gasteiger partial charge in [0, 0.05) is 76.5 Å². The van der Waals surface area contributed by atoms with Crippen molar-refractivity contribution in [1.82, 2.24) is 0 Å². The zero-order valence-corrected chi connectivity index (χ0v) is 7.66. The maximum absolute atomic E-state index is 0. The second kappa shape index (κ2) is 18.1. The molecule has 0 aromatic rings. The van der Waals surface area contributed by atoms with Crippen LogP contribution in [0.5, 0.6) is 0 Å². The summed E-state index contributed by atoms with van der Waals surface area (Å²) in [5.41, 5.74) is 0. The van der Waals surface area contributed by atoms with E-state index in [1.54, 1.807) is 0 Å². The molecule has 0 bridgehead atoms. The molecule has 4 heteroatoms. The van der Waals surface area contributed by atoms with Gasteiger partial charge in [-0.3, -0.25) is 0 Å². The summed E-state index contributed by atoms with van der Waals surface area (Å²) in [5, 5.41) is 0. The molecule has 0 aliphatic rings. The van der Waals surface area contributed by atoms with Crippen molar-refractivity contribution in [3.8, 4) is 0 Å². The quantitative estimate of drug-likeness (QED) is 0.535. The first-order chi connectivity index (χ1) is 0. The Morgan fingerprint density at radius 1 is 0.750 bits per heavy atom. The molecule has 0 aliphatic carbocycles. The van der Waals surface area contributed by atoms with Crippen LogP contribution in [0.1, 0.15) is 0 Å². The Balaban J connectivity index is 0. The van der Waals surface area contributed by atoms with Crippen molar-refractivity contribution in [2.24, 2.45) is 0 Å². The van der Waals surface area contributed by atoms with E-state index in [4.69, 9.17) is 0 Å². The molecule has 4 heavy (non-hydrogen) atoms. The minimum Gasteiger partial charge on any atom is 0 e. The molecule has 0 aromatic carbocycles. The number of hydrogen-bond acceptors (Lipinski definition) is 0. The third-order valence-corrected chi connectivity index (χ3v) is 0. The second-order valence-corrected chi connectivity index (χ2v) is 0. The fraction of sp³-hybridized carbons (Fsp3) is 0. The molecule has 0 rings (SSSR count). The minimum atomic E-state index is 0. The summed E-state index contributed by atoms with van der Waals surface area (Å²) in [6, 6.07) is 0. The fourth-order valence-electron chi connectivity index (χ4n) is 0. The average molecular weight is 301 g/mol. The monoisotopic (exact) mass is 299 g/mol. The van der Waals surface area contributed by atoms with Crippen molar-refractivity contribution >= 4 is 25.8 Å². The fourth-order valence-corrected chi connectivity index (χ4v) is 0. The van der Waals surface area contributed by atoms with Crippen LogP contribution in [-0.4, -0.2) is 25.8 Å². The van der Waals surface area contributed by atoms with Gasteiger partial charge in [0.05, 0.1) is 0 Å². The van der Waals surface area contributed by atoms with Crippen LogP contribution in [-0.2, 0) is 50.6 Å². The predicted molar refractivity (Wildman–Crippen MR) is 5.75 cm³/mol. The standard InChI is InChI=1S/2Cu.In.Ni. The van der Waals surface area contributed by atoms with Gasteiger partial charge in [0.1, 0.15) is 0 Å². The zero-order valence-electron chi connectivity index (χ0n) is 1.50. The van der Waals surface area contributed by atoms with Crippen LogP contribution in [0.4, 0.5) is 0 Å². The molecule has 0 saturated carbocycles. The van der Waals surface area contributed by atoms with Crippen LogP contribution in [0.15, 0.2) is 0 Å². The second-order valence-electron chi connectivity index (χ2n) is 0. The summed E-state index contributed by atoms with van der Waals surface area (Å²) in [4.78, 5) is 0. The van der Waals surface area contributed by atoms with Crippen LogP contribution < -0.4 is 0 Å². The molecule has 0 amide bonds. The maximum Gasteiger partial charge on any atom is 0 e. The Labute approximate surface area is 75.5 Å². The van der Waals surface area contributed by atoms with Crippen LogP contribution in [0.2, 0.25) is 0 Å². The predicted octanol–water partition coefficient (Wildman–Crippen LogP) is -0.388. The molecule has 0 nitrogen and oxygen atoms in total. The smallest absolute Gasteiger partial charge is 0 e. The largest absolute Gasteiger partial charge is 0 e. The van der Waals surface area contributed by atoms with Gasteiger partial charge in [-0.1, -0.05) is 0 Å². The topological polar surface area (TPSA) is 0 Å². The van der Waals surface area contributed by atoms with E-state index in [0.717, 1.165) is 0 Å². The molecule has 0 spiro atoms. The third kappa shape index (κ3) is 8.83. The van der Waals surface area contributed by atoms with E-state index in [2.05, 4.69) is 0 Å². The van der Waals surface area contributed by atoms with E-state index in [9.17, 15) is 0 Å². The Morgan fingerprint density at radius 2 is 0.750 bits per heavy atom. The molecule has 0 atom stereocenters. The summed E-state index contributed by atoms with van der Waals surface area (Å²) >= 11 is 0. The first kappa shape index (κ1) is 32.4. The summed E-state index contributed by atoms with van der Waals surface area (Å²) < 4.78 is 0. The van der Waals surface area contributed by atoms with Gasteiger partial charge in [0.25, 0.3) is 0 Å². The van der Waals surface area contributed by atoms with Crippen LogP contribution >= 0.6 is 0 Å². The van der Waals surface area contributed by atoms with Gasteiger partial charge >= 0.3 is 0 Å². The van der Waals surface area contributed by atoms with E-state index in [-0.39, 0.29) is 76.5 Å². The van der Waals surface area contributed by atoms with Crippen molar-refractivity contribution in [2.45, 2.75) is 0 Å². The SMILES string of the molecule is [Cu].[Cu].[In].[Ni]. The van der Waals surface area contributed by atoms with Gasteiger partial charge in [0.15, 0.2) is 0 Å². The Kier molecular flexibility index (Phi) is 147. The molecule has 0 fully saturated rings. The molecule has 0 heterocycles. The molecule has 5 radical (unpaired) electrons. The summed E-state index contributed by atoms with van der Waals surface area (Å²) in [6.07, 6.45) is 0. The molecular weight excluding hydrogens is 301 g/mol. The maximum atomic E-state index is 0. The summed E-state index contributed by atoms with van der Waals surface area (Å²) in [5.74, 6) is 0. The van der Waals surface area contributed by atoms with Gasteiger partial charge in [-0.25, -0.2) is 0 Å². The van der Waals surface area contributed by atoms with Crippen LogP contribution in [0, 0.1) is 0 Å². The van der Waals surface area contributed by atoms with Crippen molar-refractivity contribution in [3.63, 3.8) is 0 Å². The Hall–Kier alpha value is 2.40. The van der Waals surface area contributed by atoms with Gasteiger partial charge in [-0.15, -0.1) is 0 Å². The van der Waals surface area contributed by atoms with E-state index in [1.807, 2.05) is 0 Å². The molecule has 35 valence electrons. The van der Waals surface area contributed by atoms with Crippen molar-refractivity contribution < 1.29 is 50.6 Å². The minimum absolute atomic E-state index is 0. The average Bonchev–Trinajstić information content (AvgIpc) is 0. The third-order valence-electron chi connectivity index (χ3n) is 0. The Bertz CT molecular complexity index is 6.00. The Morgan fingerprint density at radius 3 is 0.750 bits per heavy atom. The van der Waals surface area contributed by atoms with E-state index in [1.165, 1.54) is 0 Å². The normalized spacial score (nSPS) is 0. The van der Waals surface area contributed by atoms with Crippen LogP contribution in [0.3, 0.4) is 0 Å². The molecule has 0 aliphatic heterocycles. The van der Waals surface area contributed by atoms with Gasteiger partial charge < -0.3 is 0 Å². The summed E-state index contributed by atoms with van der Waals surface area (Å²) in [6.45, 7) is 0. The van der Waals surface area contributed by atoms with Gasteiger partial charge in [0.2, 0.25) is 0 Å². The molecular formula is Cu2InNi. The first-order valence-corrected chi connectivity index (χ1v) is 0. The van der Waals surface area contributed by atoms with Gasteiger partial charge in [-0.2, -0.15) is 0 Å². The molecule has 0 N–H and O–H groups in total. The van der Waals surface area contributed by atoms with Crippen LogP contribution in [0.25, 0.3) is 0 Å². The van der Waals surface area contributed by atoms with E-state index >= 15 is 0 Å².